The van der Waals surface area contributed by atoms with Gasteiger partial charge >= 0.3 is 11.9 Å². The Labute approximate surface area is 111 Å². The molecule has 0 aromatic heterocycles. The fourth-order valence-corrected chi connectivity index (χ4v) is 0.514. The Bertz CT molecular complexity index is 345. The topological polar surface area (TPSA) is 95.7 Å². The molecule has 0 aromatic rings. The van der Waals surface area contributed by atoms with E-state index in [0.29, 0.717) is 0 Å². The third kappa shape index (κ3) is 18.0. The first kappa shape index (κ1) is 18.7. The molecule has 104 valence electrons. The van der Waals surface area contributed by atoms with Gasteiger partial charge in [-0.25, -0.2) is 9.59 Å². The van der Waals surface area contributed by atoms with Crippen LogP contribution in [0.4, 0.5) is 0 Å². The number of carbonyl (C=O) groups excluding carboxylic acids is 3. The lowest BCUT2D eigenvalue weighted by molar-refractivity contribution is -0.139. The smallest absolute Gasteiger partial charge is 0.331 e. The van der Waals surface area contributed by atoms with E-state index in [9.17, 15) is 14.4 Å². The predicted octanol–water partition coefficient (Wildman–Crippen LogP) is 0.659. The van der Waals surface area contributed by atoms with Crippen molar-refractivity contribution in [2.45, 2.75) is 0 Å². The Balaban J connectivity index is 0. The molecular formula is C13H17NO5. The van der Waals surface area contributed by atoms with Crippen molar-refractivity contribution in [2.24, 2.45) is 5.73 Å². The molecule has 19 heavy (non-hydrogen) atoms. The number of carbonyl (C=O) groups is 3. The van der Waals surface area contributed by atoms with Gasteiger partial charge in [-0.05, 0) is 6.08 Å². The molecule has 0 aliphatic heterocycles. The number of ether oxygens (including phenoxy) is 2. The third-order valence-electron chi connectivity index (χ3n) is 1.24. The number of hydrogen-bond donors (Lipinski definition) is 1. The van der Waals surface area contributed by atoms with Crippen LogP contribution in [0.3, 0.4) is 0 Å². The van der Waals surface area contributed by atoms with Crippen LogP contribution in [-0.2, 0) is 23.9 Å². The molecule has 0 fully saturated rings. The second kappa shape index (κ2) is 13.4. The molecule has 0 radical (unpaired) electrons. The minimum atomic E-state index is -0.611. The van der Waals surface area contributed by atoms with Gasteiger partial charge in [0.25, 0.3) is 0 Å². The highest BCUT2D eigenvalue weighted by Gasteiger charge is 1.98. The SMILES string of the molecule is C=CC(N)=O.C=CCOC(=O)C=CC(=O)OCC=C. The Morgan fingerprint density at radius 2 is 1.21 bits per heavy atom. The van der Waals surface area contributed by atoms with Gasteiger partial charge in [0, 0.05) is 12.2 Å². The third-order valence-corrected chi connectivity index (χ3v) is 1.24. The number of nitrogens with two attached hydrogens (primary N) is 1. The van der Waals surface area contributed by atoms with Crippen molar-refractivity contribution >= 4 is 17.8 Å². The van der Waals surface area contributed by atoms with Crippen molar-refractivity contribution in [3.8, 4) is 0 Å². The lowest BCUT2D eigenvalue weighted by atomic mass is 10.5. The van der Waals surface area contributed by atoms with E-state index in [1.54, 1.807) is 0 Å². The second-order valence-corrected chi connectivity index (χ2v) is 2.78. The van der Waals surface area contributed by atoms with Crippen LogP contribution in [0.2, 0.25) is 0 Å². The van der Waals surface area contributed by atoms with Crippen LogP contribution < -0.4 is 5.73 Å². The van der Waals surface area contributed by atoms with Crippen LogP contribution >= 0.6 is 0 Å². The van der Waals surface area contributed by atoms with E-state index in [4.69, 9.17) is 0 Å². The first-order valence-electron chi connectivity index (χ1n) is 5.13. The van der Waals surface area contributed by atoms with Crippen LogP contribution in [0.15, 0.2) is 50.1 Å². The summed E-state index contributed by atoms with van der Waals surface area (Å²) in [6.45, 7) is 10.0. The molecule has 2 N–H and O–H groups in total. The first-order valence-corrected chi connectivity index (χ1v) is 5.13. The summed E-state index contributed by atoms with van der Waals surface area (Å²) in [5, 5.41) is 0. The summed E-state index contributed by atoms with van der Waals surface area (Å²) in [6, 6.07) is 0. The zero-order valence-corrected chi connectivity index (χ0v) is 10.5. The molecule has 0 heterocycles. The van der Waals surface area contributed by atoms with E-state index in [0.717, 1.165) is 18.2 Å². The van der Waals surface area contributed by atoms with E-state index in [1.165, 1.54) is 12.2 Å². The highest BCUT2D eigenvalue weighted by molar-refractivity contribution is 5.91. The molecular weight excluding hydrogens is 250 g/mol. The van der Waals surface area contributed by atoms with Crippen molar-refractivity contribution in [1.82, 2.24) is 0 Å². The van der Waals surface area contributed by atoms with Gasteiger partial charge in [-0.3, -0.25) is 4.79 Å². The standard InChI is InChI=1S/C10H12O4.C3H5NO/c1-3-7-13-9(11)5-6-10(12)14-8-4-2;1-2-3(4)5/h3-6H,1-2,7-8H2;2H,1H2,(H2,4,5). The molecule has 6 heteroatoms. The van der Waals surface area contributed by atoms with Crippen molar-refractivity contribution in [2.75, 3.05) is 13.2 Å². The molecule has 0 rings (SSSR count). The average molecular weight is 267 g/mol. The van der Waals surface area contributed by atoms with Gasteiger partial charge in [-0.2, -0.15) is 0 Å². The van der Waals surface area contributed by atoms with Gasteiger partial charge in [0.15, 0.2) is 0 Å². The molecule has 0 spiro atoms. The second-order valence-electron chi connectivity index (χ2n) is 2.78. The minimum Gasteiger partial charge on any atom is -0.458 e. The predicted molar refractivity (Wildman–Crippen MR) is 70.8 cm³/mol. The lowest BCUT2D eigenvalue weighted by Gasteiger charge is -1.96. The monoisotopic (exact) mass is 267 g/mol. The minimum absolute atomic E-state index is 0.116. The lowest BCUT2D eigenvalue weighted by Crippen LogP contribution is -2.04. The molecule has 0 saturated carbocycles. The quantitative estimate of drug-likeness (QED) is 0.415. The van der Waals surface area contributed by atoms with Gasteiger partial charge in [-0.1, -0.05) is 31.9 Å². The Kier molecular flexibility index (Phi) is 13.2. The highest BCUT2D eigenvalue weighted by atomic mass is 16.5. The molecule has 0 unspecified atom stereocenters. The summed E-state index contributed by atoms with van der Waals surface area (Å²) in [5.74, 6) is -1.70. The van der Waals surface area contributed by atoms with Gasteiger partial charge in [0.05, 0.1) is 0 Å². The summed E-state index contributed by atoms with van der Waals surface area (Å²) in [6.07, 6.45) is 5.91. The number of rotatable bonds is 7. The summed E-state index contributed by atoms with van der Waals surface area (Å²) in [7, 11) is 0. The first-order chi connectivity index (χ1) is 8.97. The molecule has 6 nitrogen and oxygen atoms in total. The van der Waals surface area contributed by atoms with Crippen LogP contribution in [0, 0.1) is 0 Å². The molecule has 0 aromatic carbocycles. The Morgan fingerprint density at radius 1 is 0.895 bits per heavy atom. The van der Waals surface area contributed by atoms with Gasteiger partial charge < -0.3 is 15.2 Å². The number of amides is 1. The average Bonchev–Trinajstić information content (AvgIpc) is 2.40. The van der Waals surface area contributed by atoms with E-state index in [1.807, 2.05) is 0 Å². The van der Waals surface area contributed by atoms with E-state index in [-0.39, 0.29) is 13.2 Å². The fourth-order valence-electron chi connectivity index (χ4n) is 0.514. The molecule has 0 aliphatic carbocycles. The van der Waals surface area contributed by atoms with Gasteiger partial charge in [-0.15, -0.1) is 0 Å². The molecule has 0 saturated heterocycles. The fraction of sp³-hybridized carbons (Fsp3) is 0.154. The molecule has 0 bridgehead atoms. The Hall–Kier alpha value is -2.63. The van der Waals surface area contributed by atoms with Crippen molar-refractivity contribution in [3.05, 3.63) is 50.1 Å². The van der Waals surface area contributed by atoms with Crippen molar-refractivity contribution < 1.29 is 23.9 Å². The van der Waals surface area contributed by atoms with Crippen molar-refractivity contribution in [3.63, 3.8) is 0 Å². The van der Waals surface area contributed by atoms with Crippen LogP contribution in [0.5, 0.6) is 0 Å². The van der Waals surface area contributed by atoms with Crippen LogP contribution in [0.25, 0.3) is 0 Å². The van der Waals surface area contributed by atoms with E-state index in [2.05, 4.69) is 34.9 Å². The molecule has 0 aliphatic rings. The summed E-state index contributed by atoms with van der Waals surface area (Å²) < 4.78 is 9.15. The molecule has 0 atom stereocenters. The van der Waals surface area contributed by atoms with Gasteiger partial charge in [0.2, 0.25) is 5.91 Å². The maximum Gasteiger partial charge on any atom is 0.331 e. The summed E-state index contributed by atoms with van der Waals surface area (Å²) in [5.41, 5.74) is 4.53. The Morgan fingerprint density at radius 3 is 1.42 bits per heavy atom. The number of esters is 2. The van der Waals surface area contributed by atoms with Crippen molar-refractivity contribution in [1.29, 1.82) is 0 Å². The van der Waals surface area contributed by atoms with Gasteiger partial charge in [0.1, 0.15) is 13.2 Å². The normalized spacial score (nSPS) is 8.63. The van der Waals surface area contributed by atoms with Crippen LogP contribution in [-0.4, -0.2) is 31.1 Å². The maximum absolute atomic E-state index is 10.8. The number of hydrogen-bond acceptors (Lipinski definition) is 5. The number of primary amides is 1. The van der Waals surface area contributed by atoms with Crippen LogP contribution in [0.1, 0.15) is 0 Å². The summed E-state index contributed by atoms with van der Waals surface area (Å²) in [4.78, 5) is 31.1. The largest absolute Gasteiger partial charge is 0.458 e. The molecule has 1 amide bonds. The zero-order chi connectivity index (χ0) is 15.1. The van der Waals surface area contributed by atoms with E-state index >= 15 is 0 Å². The maximum atomic E-state index is 10.8. The summed E-state index contributed by atoms with van der Waals surface area (Å²) >= 11 is 0. The van der Waals surface area contributed by atoms with E-state index < -0.39 is 17.8 Å². The zero-order valence-electron chi connectivity index (χ0n) is 10.5. The highest BCUT2D eigenvalue weighted by Crippen LogP contribution is 1.86.